The lowest BCUT2D eigenvalue weighted by Gasteiger charge is -2.19. The van der Waals surface area contributed by atoms with Crippen LogP contribution in [0.2, 0.25) is 0 Å². The lowest BCUT2D eigenvalue weighted by atomic mass is 10.2. The Hall–Kier alpha value is -2.23. The summed E-state index contributed by atoms with van der Waals surface area (Å²) in [7, 11) is 1.55. The zero-order valence-corrected chi connectivity index (χ0v) is 15.9. The minimum atomic E-state index is -0.500. The van der Waals surface area contributed by atoms with E-state index in [1.165, 1.54) is 9.80 Å². The minimum Gasteiger partial charge on any atom is -0.355 e. The van der Waals surface area contributed by atoms with E-state index < -0.39 is 5.82 Å². The van der Waals surface area contributed by atoms with Crippen molar-refractivity contribution >= 4 is 46.0 Å². The van der Waals surface area contributed by atoms with Crippen LogP contribution in [0.3, 0.4) is 0 Å². The number of aromatic nitrogens is 1. The summed E-state index contributed by atoms with van der Waals surface area (Å²) in [5.74, 6) is -0.689. The normalized spacial score (nSPS) is 14.2. The monoisotopic (exact) mass is 454 g/mol. The third-order valence-electron chi connectivity index (χ3n) is 3.94. The summed E-state index contributed by atoms with van der Waals surface area (Å²) in [5, 5.41) is 2.55. The molecule has 8 heteroatoms. The van der Waals surface area contributed by atoms with E-state index >= 15 is 0 Å². The van der Waals surface area contributed by atoms with Gasteiger partial charge in [-0.25, -0.2) is 14.2 Å². The van der Waals surface area contributed by atoms with Crippen LogP contribution in [0, 0.1) is 16.3 Å². The topological polar surface area (TPSA) is 65.5 Å². The highest BCUT2D eigenvalue weighted by atomic mass is 127. The Bertz CT molecular complexity index is 859. The molecule has 1 saturated heterocycles. The van der Waals surface area contributed by atoms with Crippen LogP contribution >= 0.6 is 22.6 Å². The first-order valence-electron chi connectivity index (χ1n) is 7.66. The number of carbonyl (C=O) groups excluding carboxylic acids is 2. The number of nitrogens with zero attached hydrogens (tertiary/aromatic N) is 3. The molecule has 3 rings (SSSR count). The van der Waals surface area contributed by atoms with Crippen molar-refractivity contribution in [2.24, 2.45) is 0 Å². The fraction of sp³-hybridized carbons (Fsp3) is 0.235. The molecule has 0 saturated carbocycles. The van der Waals surface area contributed by atoms with Crippen molar-refractivity contribution in [1.82, 2.24) is 10.3 Å². The maximum Gasteiger partial charge on any atom is 0.330 e. The Kier molecular flexibility index (Phi) is 4.89. The number of hydrogen-bond donors (Lipinski definition) is 1. The molecule has 3 amide bonds. The van der Waals surface area contributed by atoms with Gasteiger partial charge < -0.3 is 5.32 Å². The van der Waals surface area contributed by atoms with Crippen molar-refractivity contribution in [1.29, 1.82) is 0 Å². The van der Waals surface area contributed by atoms with E-state index in [-0.39, 0.29) is 17.8 Å². The molecule has 1 N–H and O–H groups in total. The highest BCUT2D eigenvalue weighted by Crippen LogP contribution is 2.28. The fourth-order valence-electron chi connectivity index (χ4n) is 2.71. The van der Waals surface area contributed by atoms with E-state index in [9.17, 15) is 14.0 Å². The Balaban J connectivity index is 1.92. The van der Waals surface area contributed by atoms with Gasteiger partial charge in [-0.2, -0.15) is 0 Å². The van der Waals surface area contributed by atoms with Crippen molar-refractivity contribution in [2.75, 3.05) is 29.9 Å². The Morgan fingerprint density at radius 3 is 2.72 bits per heavy atom. The minimum absolute atomic E-state index is 0.0411. The highest BCUT2D eigenvalue weighted by Gasteiger charge is 2.34. The number of benzene rings is 1. The molecule has 2 heterocycles. The number of pyridine rings is 1. The number of carbonyl (C=O) groups is 2. The van der Waals surface area contributed by atoms with Crippen LogP contribution in [-0.2, 0) is 0 Å². The summed E-state index contributed by atoms with van der Waals surface area (Å²) < 4.78 is 14.8. The fourth-order valence-corrected chi connectivity index (χ4v) is 3.41. The molecular formula is C17H16FIN4O2. The summed E-state index contributed by atoms with van der Waals surface area (Å²) in [6.45, 7) is 2.48. The maximum absolute atomic E-state index is 14.4. The molecule has 25 heavy (non-hydrogen) atoms. The molecule has 1 aliphatic rings. The summed E-state index contributed by atoms with van der Waals surface area (Å²) in [5.41, 5.74) is 1.70. The van der Waals surface area contributed by atoms with E-state index in [1.54, 1.807) is 44.3 Å². The van der Waals surface area contributed by atoms with Crippen LogP contribution in [0.25, 0.3) is 0 Å². The van der Waals surface area contributed by atoms with Crippen LogP contribution in [0.4, 0.5) is 20.7 Å². The second-order valence-corrected chi connectivity index (χ2v) is 6.76. The summed E-state index contributed by atoms with van der Waals surface area (Å²) >= 11 is 1.89. The SMILES string of the molecule is CNC(=O)c1cccc(N2CCN(c3nc(C)cc(I)c3F)C2=O)c1. The van der Waals surface area contributed by atoms with Crippen molar-refractivity contribution in [3.8, 4) is 0 Å². The lowest BCUT2D eigenvalue weighted by molar-refractivity contribution is 0.0963. The Labute approximate surface area is 158 Å². The van der Waals surface area contributed by atoms with Gasteiger partial charge in [0.15, 0.2) is 11.6 Å². The second-order valence-electron chi connectivity index (χ2n) is 5.60. The summed E-state index contributed by atoms with van der Waals surface area (Å²) in [4.78, 5) is 31.6. The highest BCUT2D eigenvalue weighted by molar-refractivity contribution is 14.1. The molecule has 0 bridgehead atoms. The molecule has 1 fully saturated rings. The number of rotatable bonds is 3. The number of amides is 3. The number of anilines is 2. The molecule has 2 aromatic rings. The van der Waals surface area contributed by atoms with Gasteiger partial charge in [0.1, 0.15) is 0 Å². The van der Waals surface area contributed by atoms with Gasteiger partial charge >= 0.3 is 6.03 Å². The summed E-state index contributed by atoms with van der Waals surface area (Å²) in [6.07, 6.45) is 0. The first kappa shape index (κ1) is 17.6. The first-order valence-corrected chi connectivity index (χ1v) is 8.74. The molecule has 0 spiro atoms. The lowest BCUT2D eigenvalue weighted by Crippen LogP contribution is -2.33. The van der Waals surface area contributed by atoms with Gasteiger partial charge in [-0.15, -0.1) is 0 Å². The zero-order chi connectivity index (χ0) is 18.1. The van der Waals surface area contributed by atoms with Gasteiger partial charge in [0.05, 0.1) is 3.57 Å². The zero-order valence-electron chi connectivity index (χ0n) is 13.7. The predicted molar refractivity (Wildman–Crippen MR) is 102 cm³/mol. The molecule has 1 aromatic heterocycles. The third kappa shape index (κ3) is 3.30. The van der Waals surface area contributed by atoms with Crippen molar-refractivity contribution < 1.29 is 14.0 Å². The van der Waals surface area contributed by atoms with Crippen molar-refractivity contribution in [3.05, 3.63) is 51.0 Å². The van der Waals surface area contributed by atoms with Crippen LogP contribution < -0.4 is 15.1 Å². The van der Waals surface area contributed by atoms with Gasteiger partial charge in [-0.3, -0.25) is 14.6 Å². The van der Waals surface area contributed by atoms with E-state index in [0.29, 0.717) is 33.6 Å². The van der Waals surface area contributed by atoms with Crippen LogP contribution in [0.5, 0.6) is 0 Å². The van der Waals surface area contributed by atoms with Crippen LogP contribution in [-0.4, -0.2) is 37.1 Å². The van der Waals surface area contributed by atoms with Crippen LogP contribution in [0.15, 0.2) is 30.3 Å². The van der Waals surface area contributed by atoms with Gasteiger partial charge in [0.2, 0.25) is 0 Å². The van der Waals surface area contributed by atoms with Gasteiger partial charge in [0.25, 0.3) is 5.91 Å². The second kappa shape index (κ2) is 6.95. The quantitative estimate of drug-likeness (QED) is 0.726. The van der Waals surface area contributed by atoms with Gasteiger partial charge in [-0.05, 0) is 53.8 Å². The number of halogens is 2. The molecule has 1 aromatic carbocycles. The molecule has 6 nitrogen and oxygen atoms in total. The number of nitrogens with one attached hydrogen (secondary N) is 1. The van der Waals surface area contributed by atoms with E-state index in [1.807, 2.05) is 22.6 Å². The molecule has 1 aliphatic heterocycles. The Morgan fingerprint density at radius 1 is 1.28 bits per heavy atom. The number of aryl methyl sites for hydroxylation is 1. The smallest absolute Gasteiger partial charge is 0.330 e. The van der Waals surface area contributed by atoms with Gasteiger partial charge in [-0.1, -0.05) is 6.07 Å². The van der Waals surface area contributed by atoms with Crippen molar-refractivity contribution in [2.45, 2.75) is 6.92 Å². The van der Waals surface area contributed by atoms with Crippen LogP contribution in [0.1, 0.15) is 16.1 Å². The standard InChI is InChI=1S/C17H16FIN4O2/c1-10-8-13(19)14(18)15(21-10)23-7-6-22(17(23)25)12-5-3-4-11(9-12)16(24)20-2/h3-5,8-9H,6-7H2,1-2H3,(H,20,24). The molecule has 0 atom stereocenters. The third-order valence-corrected chi connectivity index (χ3v) is 4.72. The maximum atomic E-state index is 14.4. The van der Waals surface area contributed by atoms with E-state index in [2.05, 4.69) is 10.3 Å². The summed E-state index contributed by atoms with van der Waals surface area (Å²) in [6, 6.07) is 8.04. The predicted octanol–water partition coefficient (Wildman–Crippen LogP) is 2.94. The average Bonchev–Trinajstić information content (AvgIpc) is 2.99. The largest absolute Gasteiger partial charge is 0.355 e. The molecule has 130 valence electrons. The first-order chi connectivity index (χ1) is 11.9. The van der Waals surface area contributed by atoms with E-state index in [0.717, 1.165) is 0 Å². The van der Waals surface area contributed by atoms with Crippen molar-refractivity contribution in [3.63, 3.8) is 0 Å². The van der Waals surface area contributed by atoms with E-state index in [4.69, 9.17) is 0 Å². The Morgan fingerprint density at radius 2 is 2.00 bits per heavy atom. The number of urea groups is 1. The van der Waals surface area contributed by atoms with Gasteiger partial charge in [0, 0.05) is 37.1 Å². The number of hydrogen-bond acceptors (Lipinski definition) is 3. The molecular weight excluding hydrogens is 438 g/mol. The molecule has 0 radical (unpaired) electrons. The molecule has 0 unspecified atom stereocenters. The average molecular weight is 454 g/mol. The molecule has 0 aliphatic carbocycles.